The summed E-state index contributed by atoms with van der Waals surface area (Å²) in [7, 11) is 2.15. The summed E-state index contributed by atoms with van der Waals surface area (Å²) in [6.07, 6.45) is 3.41. The van der Waals surface area contributed by atoms with E-state index in [1.165, 1.54) is 12.2 Å². The highest BCUT2D eigenvalue weighted by Crippen LogP contribution is 2.05. The maximum absolute atomic E-state index is 5.71. The van der Waals surface area contributed by atoms with Gasteiger partial charge in [0.25, 0.3) is 0 Å². The van der Waals surface area contributed by atoms with Crippen LogP contribution in [0.1, 0.15) is 20.3 Å². The fourth-order valence-electron chi connectivity index (χ4n) is 1.14. The van der Waals surface area contributed by atoms with Crippen LogP contribution in [0.5, 0.6) is 0 Å². The van der Waals surface area contributed by atoms with E-state index in [2.05, 4.69) is 32.1 Å². The first-order valence-electron chi connectivity index (χ1n) is 4.52. The minimum absolute atomic E-state index is 0.284. The number of thioether (sulfide) groups is 1. The van der Waals surface area contributed by atoms with E-state index < -0.39 is 0 Å². The number of hydrogen-bond donors (Lipinski definition) is 1. The molecule has 0 saturated carbocycles. The minimum Gasteiger partial charge on any atom is -0.327 e. The zero-order valence-corrected chi connectivity index (χ0v) is 9.53. The van der Waals surface area contributed by atoms with Crippen LogP contribution in [0.25, 0.3) is 0 Å². The van der Waals surface area contributed by atoms with Crippen LogP contribution in [0, 0.1) is 0 Å². The number of likely N-dealkylation sites (N-methyl/N-ethyl adjacent to an activating group) is 1. The largest absolute Gasteiger partial charge is 0.327 e. The Labute approximate surface area is 80.9 Å². The second-order valence-corrected chi connectivity index (χ2v) is 4.53. The van der Waals surface area contributed by atoms with E-state index >= 15 is 0 Å². The average Bonchev–Trinajstić information content (AvgIpc) is 1.98. The molecule has 12 heavy (non-hydrogen) atoms. The average molecular weight is 190 g/mol. The zero-order chi connectivity index (χ0) is 9.56. The zero-order valence-electron chi connectivity index (χ0n) is 8.71. The molecular weight excluding hydrogens is 168 g/mol. The maximum atomic E-state index is 5.71. The third-order valence-electron chi connectivity index (χ3n) is 2.07. The number of nitrogens with zero attached hydrogens (tertiary/aromatic N) is 1. The number of hydrogen-bond acceptors (Lipinski definition) is 3. The third-order valence-corrected chi connectivity index (χ3v) is 2.71. The lowest BCUT2D eigenvalue weighted by Crippen LogP contribution is -2.38. The van der Waals surface area contributed by atoms with E-state index in [9.17, 15) is 0 Å². The molecule has 0 heterocycles. The first kappa shape index (κ1) is 12.3. The lowest BCUT2D eigenvalue weighted by Gasteiger charge is -2.25. The van der Waals surface area contributed by atoms with Gasteiger partial charge in [0.05, 0.1) is 0 Å². The molecule has 0 saturated heterocycles. The molecule has 74 valence electrons. The molecule has 0 aromatic rings. The van der Waals surface area contributed by atoms with Crippen molar-refractivity contribution in [2.24, 2.45) is 5.73 Å². The number of nitrogens with two attached hydrogens (primary N) is 1. The van der Waals surface area contributed by atoms with Crippen molar-refractivity contribution in [3.05, 3.63) is 0 Å². The van der Waals surface area contributed by atoms with Crippen LogP contribution in [-0.4, -0.2) is 42.6 Å². The molecule has 0 aliphatic carbocycles. The van der Waals surface area contributed by atoms with Crippen LogP contribution in [0.2, 0.25) is 0 Å². The fourth-order valence-corrected chi connectivity index (χ4v) is 1.72. The summed E-state index contributed by atoms with van der Waals surface area (Å²) < 4.78 is 0. The summed E-state index contributed by atoms with van der Waals surface area (Å²) in [4.78, 5) is 2.33. The normalized spacial score (nSPS) is 16.5. The minimum atomic E-state index is 0.284. The van der Waals surface area contributed by atoms with Gasteiger partial charge in [0.2, 0.25) is 0 Å². The third kappa shape index (κ3) is 5.86. The Morgan fingerprint density at radius 2 is 2.00 bits per heavy atom. The smallest absolute Gasteiger partial charge is 0.0139 e. The molecule has 0 aliphatic rings. The molecule has 0 radical (unpaired) electrons. The first-order valence-corrected chi connectivity index (χ1v) is 5.92. The van der Waals surface area contributed by atoms with Gasteiger partial charge in [0, 0.05) is 18.6 Å². The summed E-state index contributed by atoms with van der Waals surface area (Å²) >= 11 is 1.91. The van der Waals surface area contributed by atoms with Gasteiger partial charge in [-0.15, -0.1) is 0 Å². The van der Waals surface area contributed by atoms with Gasteiger partial charge in [0.1, 0.15) is 0 Å². The lowest BCUT2D eigenvalue weighted by atomic mass is 10.2. The van der Waals surface area contributed by atoms with Crippen LogP contribution in [-0.2, 0) is 0 Å². The van der Waals surface area contributed by atoms with E-state index in [1.54, 1.807) is 0 Å². The monoisotopic (exact) mass is 190 g/mol. The van der Waals surface area contributed by atoms with Gasteiger partial charge in [-0.3, -0.25) is 0 Å². The number of rotatable bonds is 6. The summed E-state index contributed by atoms with van der Waals surface area (Å²) in [5.41, 5.74) is 5.71. The molecule has 0 aromatic carbocycles. The van der Waals surface area contributed by atoms with E-state index in [1.807, 2.05) is 11.8 Å². The Bertz CT molecular complexity index is 107. The van der Waals surface area contributed by atoms with Crippen molar-refractivity contribution in [2.75, 3.05) is 25.6 Å². The Morgan fingerprint density at radius 3 is 2.42 bits per heavy atom. The van der Waals surface area contributed by atoms with Crippen molar-refractivity contribution in [3.63, 3.8) is 0 Å². The molecule has 0 aromatic heterocycles. The molecule has 0 fully saturated rings. The van der Waals surface area contributed by atoms with E-state index in [0.29, 0.717) is 6.04 Å². The van der Waals surface area contributed by atoms with E-state index in [0.717, 1.165) is 6.54 Å². The molecule has 2 nitrogen and oxygen atoms in total. The van der Waals surface area contributed by atoms with Crippen LogP contribution in [0.15, 0.2) is 0 Å². The highest BCUT2D eigenvalue weighted by molar-refractivity contribution is 7.98. The molecule has 0 rings (SSSR count). The van der Waals surface area contributed by atoms with Gasteiger partial charge in [-0.1, -0.05) is 0 Å². The SMILES string of the molecule is CSCCC(C)N(C)CC(C)N. The van der Waals surface area contributed by atoms with Gasteiger partial charge >= 0.3 is 0 Å². The summed E-state index contributed by atoms with van der Waals surface area (Å²) in [5, 5.41) is 0. The van der Waals surface area contributed by atoms with Crippen molar-refractivity contribution in [2.45, 2.75) is 32.4 Å². The standard InChI is InChI=1S/C9H22N2S/c1-8(10)7-11(3)9(2)5-6-12-4/h8-9H,5-7,10H2,1-4H3. The summed E-state index contributed by atoms with van der Waals surface area (Å²) in [6, 6.07) is 0.940. The molecular formula is C9H22N2S. The topological polar surface area (TPSA) is 29.3 Å². The van der Waals surface area contributed by atoms with Gasteiger partial charge in [-0.25, -0.2) is 0 Å². The predicted octanol–water partition coefficient (Wildman–Crippen LogP) is 1.41. The van der Waals surface area contributed by atoms with Crippen molar-refractivity contribution in [3.8, 4) is 0 Å². The van der Waals surface area contributed by atoms with Crippen molar-refractivity contribution >= 4 is 11.8 Å². The lowest BCUT2D eigenvalue weighted by molar-refractivity contribution is 0.242. The molecule has 0 amide bonds. The van der Waals surface area contributed by atoms with Crippen LogP contribution in [0.4, 0.5) is 0 Å². The van der Waals surface area contributed by atoms with E-state index in [4.69, 9.17) is 5.73 Å². The first-order chi connectivity index (χ1) is 5.57. The molecule has 3 heteroatoms. The quantitative estimate of drug-likeness (QED) is 0.686. The Kier molecular flexibility index (Phi) is 6.90. The highest BCUT2D eigenvalue weighted by Gasteiger charge is 2.09. The molecule has 0 bridgehead atoms. The van der Waals surface area contributed by atoms with Crippen LogP contribution < -0.4 is 5.73 Å². The van der Waals surface area contributed by atoms with Gasteiger partial charge in [0.15, 0.2) is 0 Å². The molecule has 0 aliphatic heterocycles. The Hall–Kier alpha value is 0.270. The maximum Gasteiger partial charge on any atom is 0.0139 e. The second kappa shape index (κ2) is 6.75. The molecule has 2 N–H and O–H groups in total. The summed E-state index contributed by atoms with van der Waals surface area (Å²) in [5.74, 6) is 1.24. The predicted molar refractivity (Wildman–Crippen MR) is 58.7 cm³/mol. The Morgan fingerprint density at radius 1 is 1.42 bits per heavy atom. The molecule has 2 atom stereocenters. The van der Waals surface area contributed by atoms with E-state index in [-0.39, 0.29) is 6.04 Å². The summed E-state index contributed by atoms with van der Waals surface area (Å²) in [6.45, 7) is 5.31. The van der Waals surface area contributed by atoms with Crippen LogP contribution in [0.3, 0.4) is 0 Å². The Balaban J connectivity index is 3.53. The van der Waals surface area contributed by atoms with Gasteiger partial charge in [-0.05, 0) is 39.3 Å². The van der Waals surface area contributed by atoms with Gasteiger partial charge in [-0.2, -0.15) is 11.8 Å². The molecule has 2 unspecified atom stereocenters. The second-order valence-electron chi connectivity index (χ2n) is 3.55. The molecule has 0 spiro atoms. The van der Waals surface area contributed by atoms with Crippen molar-refractivity contribution in [1.29, 1.82) is 0 Å². The van der Waals surface area contributed by atoms with Crippen LogP contribution >= 0.6 is 11.8 Å². The van der Waals surface area contributed by atoms with Crippen molar-refractivity contribution < 1.29 is 0 Å². The highest BCUT2D eigenvalue weighted by atomic mass is 32.2. The van der Waals surface area contributed by atoms with Gasteiger partial charge < -0.3 is 10.6 Å². The fraction of sp³-hybridized carbons (Fsp3) is 1.00. The van der Waals surface area contributed by atoms with Crippen molar-refractivity contribution in [1.82, 2.24) is 4.90 Å².